The van der Waals surface area contributed by atoms with Gasteiger partial charge in [-0.05, 0) is 19.8 Å². The van der Waals surface area contributed by atoms with Crippen molar-refractivity contribution in [1.29, 1.82) is 0 Å². The molecule has 2 aromatic heterocycles. The van der Waals surface area contributed by atoms with Crippen molar-refractivity contribution < 1.29 is 14.3 Å². The Morgan fingerprint density at radius 3 is 2.81 bits per heavy atom. The maximum absolute atomic E-state index is 12.7. The Labute approximate surface area is 150 Å². The number of aliphatic hydroxyl groups is 1. The molecule has 0 aliphatic carbocycles. The van der Waals surface area contributed by atoms with Crippen LogP contribution in [0.3, 0.4) is 0 Å². The van der Waals surface area contributed by atoms with E-state index in [0.29, 0.717) is 50.4 Å². The summed E-state index contributed by atoms with van der Waals surface area (Å²) < 4.78 is 5.15. The molecule has 3 N–H and O–H groups in total. The van der Waals surface area contributed by atoms with E-state index in [1.165, 1.54) is 6.39 Å². The van der Waals surface area contributed by atoms with Gasteiger partial charge in [0.25, 0.3) is 5.91 Å². The molecule has 1 atom stereocenters. The summed E-state index contributed by atoms with van der Waals surface area (Å²) in [6, 6.07) is 0. The van der Waals surface area contributed by atoms with Crippen LogP contribution in [0.2, 0.25) is 0 Å². The molecule has 4 heterocycles. The van der Waals surface area contributed by atoms with Crippen molar-refractivity contribution in [3.05, 3.63) is 29.1 Å². The predicted molar refractivity (Wildman–Crippen MR) is 93.8 cm³/mol. The van der Waals surface area contributed by atoms with Crippen LogP contribution in [0, 0.1) is 6.92 Å². The monoisotopic (exact) mass is 358 g/mol. The van der Waals surface area contributed by atoms with Crippen molar-refractivity contribution in [2.75, 3.05) is 36.8 Å². The average molecular weight is 358 g/mol. The summed E-state index contributed by atoms with van der Waals surface area (Å²) in [6.07, 6.45) is 2.90. The number of oxazole rings is 1. The number of nitrogens with zero attached hydrogens (tertiary/aromatic N) is 5. The Morgan fingerprint density at radius 1 is 1.31 bits per heavy atom. The third-order valence-corrected chi connectivity index (χ3v) is 5.04. The maximum atomic E-state index is 12.7. The molecule has 0 unspecified atom stereocenters. The molecule has 9 nitrogen and oxygen atoms in total. The number of hydrogen-bond donors (Lipinski definition) is 2. The topological polar surface area (TPSA) is 122 Å². The first-order valence-electron chi connectivity index (χ1n) is 8.80. The number of fused-ring (bicyclic) bond motifs is 1. The Kier molecular flexibility index (Phi) is 4.23. The zero-order valence-corrected chi connectivity index (χ0v) is 14.7. The van der Waals surface area contributed by atoms with Crippen molar-refractivity contribution in [2.45, 2.75) is 32.3 Å². The Morgan fingerprint density at radius 2 is 2.12 bits per heavy atom. The third-order valence-electron chi connectivity index (χ3n) is 5.04. The summed E-state index contributed by atoms with van der Waals surface area (Å²) in [6.45, 7) is 4.11. The van der Waals surface area contributed by atoms with Gasteiger partial charge in [-0.3, -0.25) is 4.79 Å². The standard InChI is InChI=1S/C17H22N6O3/c1-10-14(19-9-26-10)16(25)22-6-3-12-13(4-7-22)20-17(18)21-15(12)23-5-2-11(24)8-23/h9,11,24H,2-8H2,1H3,(H2,18,20,21)/t11-/m0/s1. The molecule has 9 heteroatoms. The van der Waals surface area contributed by atoms with E-state index in [9.17, 15) is 9.90 Å². The number of carbonyl (C=O) groups is 1. The van der Waals surface area contributed by atoms with E-state index >= 15 is 0 Å². The van der Waals surface area contributed by atoms with Gasteiger partial charge >= 0.3 is 0 Å². The van der Waals surface area contributed by atoms with Gasteiger partial charge < -0.3 is 25.1 Å². The summed E-state index contributed by atoms with van der Waals surface area (Å²) in [5, 5.41) is 9.85. The van der Waals surface area contributed by atoms with Gasteiger partial charge in [0.05, 0.1) is 11.8 Å². The summed E-state index contributed by atoms with van der Waals surface area (Å²) in [7, 11) is 0. The molecule has 0 radical (unpaired) electrons. The molecule has 4 rings (SSSR count). The zero-order valence-electron chi connectivity index (χ0n) is 14.7. The average Bonchev–Trinajstić information content (AvgIpc) is 3.17. The van der Waals surface area contributed by atoms with Crippen molar-refractivity contribution in [3.63, 3.8) is 0 Å². The largest absolute Gasteiger partial charge is 0.448 e. The lowest BCUT2D eigenvalue weighted by Gasteiger charge is -2.21. The Bertz CT molecular complexity index is 836. The fourth-order valence-electron chi connectivity index (χ4n) is 3.66. The van der Waals surface area contributed by atoms with Gasteiger partial charge in [0.15, 0.2) is 12.1 Å². The molecule has 1 amide bonds. The summed E-state index contributed by atoms with van der Waals surface area (Å²) in [4.78, 5) is 29.4. The van der Waals surface area contributed by atoms with E-state index in [4.69, 9.17) is 10.2 Å². The number of β-amino-alcohol motifs (C(OH)–C–C–N with tert-alkyl or cyclic N) is 1. The van der Waals surface area contributed by atoms with Gasteiger partial charge in [0.2, 0.25) is 5.95 Å². The number of aromatic nitrogens is 3. The zero-order chi connectivity index (χ0) is 18.3. The molecule has 0 bridgehead atoms. The first-order chi connectivity index (χ1) is 12.5. The molecular formula is C17H22N6O3. The van der Waals surface area contributed by atoms with Crippen LogP contribution in [0.25, 0.3) is 0 Å². The molecule has 2 aromatic rings. The second-order valence-electron chi connectivity index (χ2n) is 6.77. The van der Waals surface area contributed by atoms with Gasteiger partial charge in [-0.15, -0.1) is 0 Å². The number of nitrogen functional groups attached to an aromatic ring is 1. The molecule has 138 valence electrons. The van der Waals surface area contributed by atoms with Gasteiger partial charge in [-0.2, -0.15) is 4.98 Å². The summed E-state index contributed by atoms with van der Waals surface area (Å²) in [5.41, 5.74) is 8.15. The van der Waals surface area contributed by atoms with Gasteiger partial charge in [-0.25, -0.2) is 9.97 Å². The van der Waals surface area contributed by atoms with Crippen molar-refractivity contribution in [2.24, 2.45) is 0 Å². The number of hydrogen-bond acceptors (Lipinski definition) is 8. The molecule has 0 spiro atoms. The van der Waals surface area contributed by atoms with Crippen molar-refractivity contribution >= 4 is 17.7 Å². The van der Waals surface area contributed by atoms with Crippen molar-refractivity contribution in [1.82, 2.24) is 19.9 Å². The quantitative estimate of drug-likeness (QED) is 0.779. The lowest BCUT2D eigenvalue weighted by molar-refractivity contribution is 0.0756. The van der Waals surface area contributed by atoms with Crippen LogP contribution in [-0.2, 0) is 12.8 Å². The molecule has 0 saturated carbocycles. The highest BCUT2D eigenvalue weighted by atomic mass is 16.3. The first-order valence-corrected chi connectivity index (χ1v) is 8.80. The van der Waals surface area contributed by atoms with Crippen LogP contribution in [-0.4, -0.2) is 63.1 Å². The minimum atomic E-state index is -0.346. The van der Waals surface area contributed by atoms with Gasteiger partial charge in [-0.1, -0.05) is 0 Å². The van der Waals surface area contributed by atoms with E-state index in [1.807, 2.05) is 0 Å². The molecule has 1 fully saturated rings. The van der Waals surface area contributed by atoms with Crippen LogP contribution in [0.1, 0.15) is 33.9 Å². The highest BCUT2D eigenvalue weighted by Crippen LogP contribution is 2.28. The van der Waals surface area contributed by atoms with Crippen LogP contribution >= 0.6 is 0 Å². The smallest absolute Gasteiger partial charge is 0.276 e. The number of aliphatic hydroxyl groups excluding tert-OH is 1. The lowest BCUT2D eigenvalue weighted by Crippen LogP contribution is -2.34. The van der Waals surface area contributed by atoms with E-state index < -0.39 is 0 Å². The fourth-order valence-corrected chi connectivity index (χ4v) is 3.66. The third kappa shape index (κ3) is 2.98. The number of carbonyl (C=O) groups excluding carboxylic acids is 1. The molecule has 1 saturated heterocycles. The van der Waals surface area contributed by atoms with E-state index in [-0.39, 0.29) is 18.0 Å². The molecule has 0 aromatic carbocycles. The molecule has 26 heavy (non-hydrogen) atoms. The van der Waals surface area contributed by atoms with Crippen molar-refractivity contribution in [3.8, 4) is 0 Å². The maximum Gasteiger partial charge on any atom is 0.276 e. The van der Waals surface area contributed by atoms with Gasteiger partial charge in [0, 0.05) is 38.2 Å². The fraction of sp³-hybridized carbons (Fsp3) is 0.529. The normalized spacial score (nSPS) is 20.2. The molecular weight excluding hydrogens is 336 g/mol. The number of anilines is 2. The number of rotatable bonds is 2. The Hall–Kier alpha value is -2.68. The van der Waals surface area contributed by atoms with Crippen LogP contribution in [0.5, 0.6) is 0 Å². The minimum Gasteiger partial charge on any atom is -0.448 e. The van der Waals surface area contributed by atoms with E-state index in [0.717, 1.165) is 23.6 Å². The second-order valence-corrected chi connectivity index (χ2v) is 6.77. The van der Waals surface area contributed by atoms with Gasteiger partial charge in [0.1, 0.15) is 11.6 Å². The predicted octanol–water partition coefficient (Wildman–Crippen LogP) is 0.167. The SMILES string of the molecule is Cc1ocnc1C(=O)N1CCc2nc(N)nc(N3CC[C@H](O)C3)c2CC1. The molecule has 2 aliphatic heterocycles. The summed E-state index contributed by atoms with van der Waals surface area (Å²) >= 11 is 0. The van der Waals surface area contributed by atoms with Crippen LogP contribution in [0.4, 0.5) is 11.8 Å². The highest BCUT2D eigenvalue weighted by molar-refractivity contribution is 5.93. The highest BCUT2D eigenvalue weighted by Gasteiger charge is 2.29. The summed E-state index contributed by atoms with van der Waals surface area (Å²) in [5.74, 6) is 1.40. The number of nitrogens with two attached hydrogens (primary N) is 1. The minimum absolute atomic E-state index is 0.136. The lowest BCUT2D eigenvalue weighted by atomic mass is 10.1. The number of amides is 1. The van der Waals surface area contributed by atoms with Crippen LogP contribution in [0.15, 0.2) is 10.8 Å². The van der Waals surface area contributed by atoms with Crippen LogP contribution < -0.4 is 10.6 Å². The van der Waals surface area contributed by atoms with E-state index in [1.54, 1.807) is 11.8 Å². The van der Waals surface area contributed by atoms with E-state index in [2.05, 4.69) is 19.9 Å². The molecule has 2 aliphatic rings. The second kappa shape index (κ2) is 6.56. The Balaban J connectivity index is 1.60. The first kappa shape index (κ1) is 16.8. The number of aryl methyl sites for hydroxylation is 1.